The summed E-state index contributed by atoms with van der Waals surface area (Å²) in [6.45, 7) is -0.391. The highest BCUT2D eigenvalue weighted by atomic mass is 32.2. The number of rotatable bonds is 7. The van der Waals surface area contributed by atoms with Crippen molar-refractivity contribution in [1.29, 1.82) is 0 Å². The molecule has 4 aromatic rings. The maximum absolute atomic E-state index is 12.3. The van der Waals surface area contributed by atoms with Gasteiger partial charge in [-0.15, -0.1) is 5.10 Å². The van der Waals surface area contributed by atoms with Crippen LogP contribution in [0.1, 0.15) is 10.4 Å². The van der Waals surface area contributed by atoms with E-state index in [1.54, 1.807) is 24.3 Å². The summed E-state index contributed by atoms with van der Waals surface area (Å²) < 4.78 is 6.61. The molecule has 0 aliphatic rings. The summed E-state index contributed by atoms with van der Waals surface area (Å²) in [7, 11) is 0. The first-order valence-corrected chi connectivity index (χ1v) is 10.1. The summed E-state index contributed by atoms with van der Waals surface area (Å²) in [6.07, 6.45) is 1.45. The van der Waals surface area contributed by atoms with Gasteiger partial charge in [-0.05, 0) is 59.0 Å². The second-order valence-electron chi connectivity index (χ2n) is 6.34. The number of carbonyl (C=O) groups excluding carboxylic acids is 2. The van der Waals surface area contributed by atoms with Crippen LogP contribution in [0.25, 0.3) is 5.69 Å². The third-order valence-corrected chi connectivity index (χ3v) is 5.27. The van der Waals surface area contributed by atoms with Gasteiger partial charge in [-0.1, -0.05) is 42.1 Å². The fourth-order valence-corrected chi connectivity index (χ4v) is 3.63. The summed E-state index contributed by atoms with van der Waals surface area (Å²) in [5.41, 5.74) is 1.68. The van der Waals surface area contributed by atoms with Crippen LogP contribution in [0.5, 0.6) is 0 Å². The molecular weight excluding hydrogens is 414 g/mol. The number of para-hydroxylation sites is 1. The fraction of sp³-hybridized carbons (Fsp3) is 0.0455. The van der Waals surface area contributed by atoms with Crippen molar-refractivity contribution in [2.24, 2.45) is 0 Å². The number of esters is 1. The Kier molecular flexibility index (Phi) is 6.34. The van der Waals surface area contributed by atoms with Gasteiger partial charge >= 0.3 is 5.97 Å². The Bertz CT molecular complexity index is 1170. The van der Waals surface area contributed by atoms with Crippen LogP contribution in [0, 0.1) is 0 Å². The SMILES string of the molecule is O=C(COC(=O)c1ccc(-n2cnnn2)cc1)Nc1ccccc1Sc1ccccc1. The van der Waals surface area contributed by atoms with Gasteiger partial charge in [0, 0.05) is 9.79 Å². The third-order valence-electron chi connectivity index (χ3n) is 4.18. The van der Waals surface area contributed by atoms with Gasteiger partial charge in [0.2, 0.25) is 0 Å². The molecule has 1 amide bonds. The molecule has 0 spiro atoms. The van der Waals surface area contributed by atoms with Gasteiger partial charge in [0.1, 0.15) is 6.33 Å². The zero-order chi connectivity index (χ0) is 21.5. The molecule has 0 fully saturated rings. The number of anilines is 1. The highest BCUT2D eigenvalue weighted by Crippen LogP contribution is 2.33. The van der Waals surface area contributed by atoms with E-state index in [-0.39, 0.29) is 0 Å². The molecule has 0 saturated heterocycles. The van der Waals surface area contributed by atoms with E-state index in [9.17, 15) is 9.59 Å². The maximum atomic E-state index is 12.3. The Morgan fingerprint density at radius 3 is 2.42 bits per heavy atom. The van der Waals surface area contributed by atoms with E-state index >= 15 is 0 Å². The lowest BCUT2D eigenvalue weighted by Gasteiger charge is -2.11. The number of aromatic nitrogens is 4. The average molecular weight is 431 g/mol. The maximum Gasteiger partial charge on any atom is 0.338 e. The largest absolute Gasteiger partial charge is 0.452 e. The van der Waals surface area contributed by atoms with Crippen LogP contribution < -0.4 is 5.32 Å². The molecule has 1 heterocycles. The molecule has 0 radical (unpaired) electrons. The van der Waals surface area contributed by atoms with Crippen LogP contribution in [0.15, 0.2) is 95.0 Å². The van der Waals surface area contributed by atoms with E-state index in [0.717, 1.165) is 9.79 Å². The van der Waals surface area contributed by atoms with Gasteiger partial charge < -0.3 is 10.1 Å². The number of hydrogen-bond donors (Lipinski definition) is 1. The van der Waals surface area contributed by atoms with Crippen molar-refractivity contribution in [1.82, 2.24) is 20.2 Å². The molecule has 0 atom stereocenters. The molecule has 0 aliphatic heterocycles. The van der Waals surface area contributed by atoms with E-state index < -0.39 is 18.5 Å². The number of hydrogen-bond acceptors (Lipinski definition) is 7. The monoisotopic (exact) mass is 431 g/mol. The Balaban J connectivity index is 1.34. The smallest absolute Gasteiger partial charge is 0.338 e. The molecular formula is C22H17N5O3S. The predicted octanol–water partition coefficient (Wildman–Crippen LogP) is 3.61. The summed E-state index contributed by atoms with van der Waals surface area (Å²) in [4.78, 5) is 26.5. The van der Waals surface area contributed by atoms with Crippen molar-refractivity contribution >= 4 is 29.3 Å². The summed E-state index contributed by atoms with van der Waals surface area (Å²) in [5.74, 6) is -1.01. The van der Waals surface area contributed by atoms with Crippen LogP contribution in [-0.2, 0) is 9.53 Å². The number of tetrazole rings is 1. The minimum atomic E-state index is -0.592. The summed E-state index contributed by atoms with van der Waals surface area (Å²) in [5, 5.41) is 13.7. The molecule has 154 valence electrons. The zero-order valence-corrected chi connectivity index (χ0v) is 17.0. The molecule has 9 heteroatoms. The minimum absolute atomic E-state index is 0.324. The van der Waals surface area contributed by atoms with Gasteiger partial charge in [0.25, 0.3) is 5.91 Å². The van der Waals surface area contributed by atoms with Gasteiger partial charge in [0.05, 0.1) is 16.9 Å². The lowest BCUT2D eigenvalue weighted by molar-refractivity contribution is -0.119. The molecule has 0 bridgehead atoms. The molecule has 8 nitrogen and oxygen atoms in total. The number of amides is 1. The van der Waals surface area contributed by atoms with Crippen molar-refractivity contribution in [2.75, 3.05) is 11.9 Å². The van der Waals surface area contributed by atoms with Gasteiger partial charge in [-0.3, -0.25) is 4.79 Å². The van der Waals surface area contributed by atoms with Crippen molar-refractivity contribution in [3.8, 4) is 5.69 Å². The number of nitrogens with zero attached hydrogens (tertiary/aromatic N) is 4. The minimum Gasteiger partial charge on any atom is -0.452 e. The summed E-state index contributed by atoms with van der Waals surface area (Å²) in [6, 6.07) is 23.9. The number of ether oxygens (including phenoxy) is 1. The first-order valence-electron chi connectivity index (χ1n) is 9.31. The van der Waals surface area contributed by atoms with Crippen molar-refractivity contribution in [3.05, 3.63) is 90.8 Å². The van der Waals surface area contributed by atoms with Gasteiger partial charge in [-0.2, -0.15) is 0 Å². The zero-order valence-electron chi connectivity index (χ0n) is 16.2. The van der Waals surface area contributed by atoms with Crippen molar-refractivity contribution < 1.29 is 14.3 Å². The molecule has 0 unspecified atom stereocenters. The van der Waals surface area contributed by atoms with E-state index in [1.807, 2.05) is 54.6 Å². The number of nitrogens with one attached hydrogen (secondary N) is 1. The van der Waals surface area contributed by atoms with Crippen LogP contribution in [0.4, 0.5) is 5.69 Å². The first-order chi connectivity index (χ1) is 15.2. The van der Waals surface area contributed by atoms with Crippen LogP contribution >= 0.6 is 11.8 Å². The predicted molar refractivity (Wildman–Crippen MR) is 115 cm³/mol. The van der Waals surface area contributed by atoms with E-state index in [1.165, 1.54) is 22.8 Å². The van der Waals surface area contributed by atoms with Gasteiger partial charge in [0.15, 0.2) is 6.61 Å². The lowest BCUT2D eigenvalue weighted by Crippen LogP contribution is -2.21. The third kappa shape index (κ3) is 5.34. The van der Waals surface area contributed by atoms with Crippen molar-refractivity contribution in [3.63, 3.8) is 0 Å². The molecule has 31 heavy (non-hydrogen) atoms. The standard InChI is InChI=1S/C22H17N5O3S/c28-21(24-19-8-4-5-9-20(19)31-18-6-2-1-3-7-18)14-30-22(29)16-10-12-17(13-11-16)27-15-23-25-26-27/h1-13,15H,14H2,(H,24,28). The Hall–Kier alpha value is -3.98. The first kappa shape index (κ1) is 20.3. The van der Waals surface area contributed by atoms with Crippen LogP contribution in [0.3, 0.4) is 0 Å². The van der Waals surface area contributed by atoms with Crippen LogP contribution in [-0.4, -0.2) is 38.7 Å². The number of carbonyl (C=O) groups is 2. The second kappa shape index (κ2) is 9.68. The topological polar surface area (TPSA) is 99.0 Å². The molecule has 3 aromatic carbocycles. The molecule has 0 aliphatic carbocycles. The fourth-order valence-electron chi connectivity index (χ4n) is 2.70. The molecule has 1 N–H and O–H groups in total. The van der Waals surface area contributed by atoms with E-state index in [4.69, 9.17) is 4.74 Å². The number of benzene rings is 3. The van der Waals surface area contributed by atoms with E-state index in [0.29, 0.717) is 16.9 Å². The molecule has 0 saturated carbocycles. The Morgan fingerprint density at radius 2 is 1.68 bits per heavy atom. The molecule has 4 rings (SSSR count). The normalized spacial score (nSPS) is 10.5. The van der Waals surface area contributed by atoms with Gasteiger partial charge in [-0.25, -0.2) is 9.48 Å². The second-order valence-corrected chi connectivity index (χ2v) is 7.45. The average Bonchev–Trinajstić information content (AvgIpc) is 3.35. The Morgan fingerprint density at radius 1 is 0.935 bits per heavy atom. The highest BCUT2D eigenvalue weighted by Gasteiger charge is 2.12. The Labute approximate surface area is 182 Å². The summed E-state index contributed by atoms with van der Waals surface area (Å²) >= 11 is 1.54. The lowest BCUT2D eigenvalue weighted by atomic mass is 10.2. The van der Waals surface area contributed by atoms with Crippen LogP contribution in [0.2, 0.25) is 0 Å². The van der Waals surface area contributed by atoms with E-state index in [2.05, 4.69) is 20.8 Å². The molecule has 1 aromatic heterocycles. The van der Waals surface area contributed by atoms with Crippen molar-refractivity contribution in [2.45, 2.75) is 9.79 Å². The quantitative estimate of drug-likeness (QED) is 0.446. The highest BCUT2D eigenvalue weighted by molar-refractivity contribution is 7.99.